The Bertz CT molecular complexity index is 833. The van der Waals surface area contributed by atoms with Gasteiger partial charge in [0.25, 0.3) is 5.69 Å². The summed E-state index contributed by atoms with van der Waals surface area (Å²) < 4.78 is 0. The van der Waals surface area contributed by atoms with Crippen LogP contribution in [-0.2, 0) is 4.84 Å². The molecule has 2 aromatic rings. The van der Waals surface area contributed by atoms with Crippen LogP contribution in [0.25, 0.3) is 0 Å². The van der Waals surface area contributed by atoms with Gasteiger partial charge in [-0.3, -0.25) is 30.3 Å². The van der Waals surface area contributed by atoms with E-state index in [0.717, 1.165) is 0 Å². The lowest BCUT2D eigenvalue weighted by atomic mass is 10.2. The number of carbonyl (C=O) groups is 1. The Morgan fingerprint density at radius 3 is 1.84 bits per heavy atom. The van der Waals surface area contributed by atoms with Gasteiger partial charge in [-0.1, -0.05) is 18.2 Å². The largest absolute Gasteiger partial charge is 0.362 e. The molecule has 128 valence electrons. The van der Waals surface area contributed by atoms with Crippen LogP contribution in [0.4, 0.5) is 22.7 Å². The fraction of sp³-hybridized carbons (Fsp3) is 0. The highest BCUT2D eigenvalue weighted by Gasteiger charge is 2.31. The molecule has 2 rings (SSSR count). The van der Waals surface area contributed by atoms with Crippen molar-refractivity contribution in [3.8, 4) is 0 Å². The first kappa shape index (κ1) is 17.3. The molecule has 0 aliphatic rings. The van der Waals surface area contributed by atoms with Crippen molar-refractivity contribution in [2.75, 3.05) is 5.48 Å². The van der Waals surface area contributed by atoms with Crippen LogP contribution in [0.3, 0.4) is 0 Å². The standard InChI is InChI=1S/C13H8N4O8/c18-13(8-4-2-1-3-5-8)25-14-12-10(16(21)22)6-9(15(19)20)7-11(12)17(23)24/h1-7,14H. The molecular formula is C13H8N4O8. The van der Waals surface area contributed by atoms with Gasteiger partial charge in [0.2, 0.25) is 5.69 Å². The van der Waals surface area contributed by atoms with Crippen LogP contribution in [0, 0.1) is 30.3 Å². The molecule has 0 atom stereocenters. The summed E-state index contributed by atoms with van der Waals surface area (Å²) in [5.41, 5.74) is -1.67. The van der Waals surface area contributed by atoms with Crippen molar-refractivity contribution in [3.63, 3.8) is 0 Å². The minimum Gasteiger partial charge on any atom is -0.337 e. The highest BCUT2D eigenvalue weighted by atomic mass is 16.7. The van der Waals surface area contributed by atoms with Gasteiger partial charge in [-0.2, -0.15) is 0 Å². The molecule has 0 bridgehead atoms. The molecule has 12 heteroatoms. The number of nitrogens with zero attached hydrogens (tertiary/aromatic N) is 3. The number of non-ortho nitro benzene ring substituents is 1. The van der Waals surface area contributed by atoms with E-state index in [-0.39, 0.29) is 5.56 Å². The summed E-state index contributed by atoms with van der Waals surface area (Å²) in [7, 11) is 0. The van der Waals surface area contributed by atoms with Crippen LogP contribution in [0.5, 0.6) is 0 Å². The number of hydrogen-bond acceptors (Lipinski definition) is 9. The van der Waals surface area contributed by atoms with Crippen molar-refractivity contribution in [1.29, 1.82) is 0 Å². The minimum absolute atomic E-state index is 0.0854. The quantitative estimate of drug-likeness (QED) is 0.609. The SMILES string of the molecule is O=C(ONc1c([N+](=O)[O-])cc([N+](=O)[O-])cc1[N+](=O)[O-])c1ccccc1. The van der Waals surface area contributed by atoms with Gasteiger partial charge >= 0.3 is 17.3 Å². The number of benzene rings is 2. The number of hydrogen-bond donors (Lipinski definition) is 1. The van der Waals surface area contributed by atoms with Crippen LogP contribution in [0.2, 0.25) is 0 Å². The molecule has 0 radical (unpaired) electrons. The zero-order chi connectivity index (χ0) is 18.6. The second-order valence-corrected chi connectivity index (χ2v) is 4.49. The lowest BCUT2D eigenvalue weighted by Crippen LogP contribution is -2.13. The number of anilines is 1. The van der Waals surface area contributed by atoms with Gasteiger partial charge in [-0.05, 0) is 12.1 Å². The average molecular weight is 348 g/mol. The number of carbonyl (C=O) groups excluding carboxylic acids is 1. The van der Waals surface area contributed by atoms with Gasteiger partial charge in [0.05, 0.1) is 32.5 Å². The Morgan fingerprint density at radius 2 is 1.40 bits per heavy atom. The third-order valence-corrected chi connectivity index (χ3v) is 2.94. The molecule has 0 spiro atoms. The predicted octanol–water partition coefficient (Wildman–Crippen LogP) is 2.60. The summed E-state index contributed by atoms with van der Waals surface area (Å²) in [4.78, 5) is 46.2. The summed E-state index contributed by atoms with van der Waals surface area (Å²) in [5.74, 6) is -0.956. The molecule has 0 saturated carbocycles. The lowest BCUT2D eigenvalue weighted by Gasteiger charge is -2.08. The maximum absolute atomic E-state index is 11.8. The summed E-state index contributed by atoms with van der Waals surface area (Å²) in [6.07, 6.45) is 0. The Morgan fingerprint density at radius 1 is 0.880 bits per heavy atom. The van der Waals surface area contributed by atoms with E-state index in [9.17, 15) is 35.1 Å². The Kier molecular flexibility index (Phi) is 4.83. The molecule has 0 heterocycles. The number of nitro benzene ring substituents is 3. The maximum Gasteiger partial charge on any atom is 0.362 e. The topological polar surface area (TPSA) is 168 Å². The van der Waals surface area contributed by atoms with E-state index >= 15 is 0 Å². The average Bonchev–Trinajstić information content (AvgIpc) is 2.59. The van der Waals surface area contributed by atoms with Gasteiger partial charge in [-0.15, -0.1) is 0 Å². The van der Waals surface area contributed by atoms with Gasteiger partial charge in [-0.25, -0.2) is 10.3 Å². The van der Waals surface area contributed by atoms with Crippen LogP contribution in [0.15, 0.2) is 42.5 Å². The molecule has 12 nitrogen and oxygen atoms in total. The van der Waals surface area contributed by atoms with Crippen molar-refractivity contribution in [3.05, 3.63) is 78.4 Å². The zero-order valence-corrected chi connectivity index (χ0v) is 12.1. The van der Waals surface area contributed by atoms with Crippen molar-refractivity contribution >= 4 is 28.7 Å². The van der Waals surface area contributed by atoms with Crippen molar-refractivity contribution < 1.29 is 24.4 Å². The fourth-order valence-corrected chi connectivity index (χ4v) is 1.83. The zero-order valence-electron chi connectivity index (χ0n) is 12.1. The molecule has 25 heavy (non-hydrogen) atoms. The maximum atomic E-state index is 11.8. The molecule has 0 amide bonds. The minimum atomic E-state index is -1.07. The van der Waals surface area contributed by atoms with Gasteiger partial charge in [0, 0.05) is 0 Å². The first-order valence-corrected chi connectivity index (χ1v) is 6.44. The third-order valence-electron chi connectivity index (χ3n) is 2.94. The Balaban J connectivity index is 2.41. The van der Waals surface area contributed by atoms with E-state index in [1.165, 1.54) is 24.3 Å². The molecule has 0 saturated heterocycles. The van der Waals surface area contributed by atoms with Gasteiger partial charge in [0.1, 0.15) is 0 Å². The van der Waals surface area contributed by atoms with Gasteiger partial charge in [0.15, 0.2) is 0 Å². The number of nitro groups is 3. The predicted molar refractivity (Wildman–Crippen MR) is 81.9 cm³/mol. The summed E-state index contributed by atoms with van der Waals surface area (Å²) in [5, 5.41) is 32.9. The second kappa shape index (κ2) is 6.99. The first-order valence-electron chi connectivity index (χ1n) is 6.44. The lowest BCUT2D eigenvalue weighted by molar-refractivity contribution is -0.402. The van der Waals surface area contributed by atoms with Gasteiger partial charge < -0.3 is 4.84 Å². The molecule has 0 unspecified atom stereocenters. The Labute approximate surface area is 138 Å². The van der Waals surface area contributed by atoms with Crippen LogP contribution in [-0.4, -0.2) is 20.7 Å². The smallest absolute Gasteiger partial charge is 0.337 e. The summed E-state index contributed by atoms with van der Waals surface area (Å²) in [6, 6.07) is 8.53. The third kappa shape index (κ3) is 3.82. The highest BCUT2D eigenvalue weighted by Crippen LogP contribution is 2.38. The van der Waals surface area contributed by atoms with Crippen molar-refractivity contribution in [2.45, 2.75) is 0 Å². The number of rotatable bonds is 6. The highest BCUT2D eigenvalue weighted by molar-refractivity contribution is 5.90. The molecule has 0 aliphatic heterocycles. The normalized spacial score (nSPS) is 9.92. The second-order valence-electron chi connectivity index (χ2n) is 4.49. The molecule has 0 fully saturated rings. The molecule has 0 aliphatic carbocycles. The van der Waals surface area contributed by atoms with Crippen LogP contribution < -0.4 is 5.48 Å². The van der Waals surface area contributed by atoms with Crippen LogP contribution in [0.1, 0.15) is 10.4 Å². The van der Waals surface area contributed by atoms with E-state index in [4.69, 9.17) is 0 Å². The Hall–Kier alpha value is -4.09. The monoisotopic (exact) mass is 348 g/mol. The van der Waals surface area contributed by atoms with E-state index < -0.39 is 43.5 Å². The first-order chi connectivity index (χ1) is 11.8. The van der Waals surface area contributed by atoms with Crippen molar-refractivity contribution in [2.24, 2.45) is 0 Å². The van der Waals surface area contributed by atoms with E-state index in [1.807, 2.05) is 5.48 Å². The summed E-state index contributed by atoms with van der Waals surface area (Å²) in [6.45, 7) is 0. The molecule has 1 N–H and O–H groups in total. The van der Waals surface area contributed by atoms with E-state index in [2.05, 4.69) is 4.84 Å². The molecular weight excluding hydrogens is 340 g/mol. The number of nitrogens with one attached hydrogen (secondary N) is 1. The fourth-order valence-electron chi connectivity index (χ4n) is 1.83. The van der Waals surface area contributed by atoms with E-state index in [0.29, 0.717) is 12.1 Å². The van der Waals surface area contributed by atoms with Crippen LogP contribution >= 0.6 is 0 Å². The van der Waals surface area contributed by atoms with Crippen molar-refractivity contribution in [1.82, 2.24) is 0 Å². The molecule has 2 aromatic carbocycles. The molecule has 0 aromatic heterocycles. The van der Waals surface area contributed by atoms with E-state index in [1.54, 1.807) is 6.07 Å². The summed E-state index contributed by atoms with van der Waals surface area (Å²) >= 11 is 0.